The zero-order chi connectivity index (χ0) is 17.8. The number of halogens is 3. The summed E-state index contributed by atoms with van der Waals surface area (Å²) in [6.45, 7) is -0.650. The maximum Gasteiger partial charge on any atom is 0.417 e. The fraction of sp³-hybridized carbons (Fsp3) is 0.500. The average Bonchev–Trinajstić information content (AvgIpc) is 2.53. The topological polar surface area (TPSA) is 69.6 Å². The lowest BCUT2D eigenvalue weighted by atomic mass is 9.91. The number of nitrogens with zero attached hydrogens (tertiary/aromatic N) is 1. The van der Waals surface area contributed by atoms with Crippen LogP contribution in [0.5, 0.6) is 0 Å². The van der Waals surface area contributed by atoms with Crippen molar-refractivity contribution in [3.05, 3.63) is 35.9 Å². The first-order valence-electron chi connectivity index (χ1n) is 7.59. The standard InChI is InChI=1S/C16H19F3N2O3/c17-16(18,19)15(24)6-8-21(9-7-15)14(23)11-20-13(22)10-12-4-2-1-3-5-12/h1-5,24H,6-11H2,(H,20,22). The minimum atomic E-state index is -4.70. The number of aliphatic hydroxyl groups is 1. The van der Waals surface area contributed by atoms with Gasteiger partial charge in [-0.05, 0) is 5.56 Å². The molecule has 2 N–H and O–H groups in total. The van der Waals surface area contributed by atoms with Crippen molar-refractivity contribution in [1.82, 2.24) is 10.2 Å². The number of alkyl halides is 3. The first-order chi connectivity index (χ1) is 11.2. The lowest BCUT2D eigenvalue weighted by molar-refractivity contribution is -0.272. The van der Waals surface area contributed by atoms with Gasteiger partial charge < -0.3 is 15.3 Å². The van der Waals surface area contributed by atoms with Gasteiger partial charge in [0.15, 0.2) is 5.60 Å². The zero-order valence-electron chi connectivity index (χ0n) is 13.0. The van der Waals surface area contributed by atoms with Gasteiger partial charge in [-0.3, -0.25) is 9.59 Å². The zero-order valence-corrected chi connectivity index (χ0v) is 13.0. The first-order valence-corrected chi connectivity index (χ1v) is 7.59. The number of piperidine rings is 1. The lowest BCUT2D eigenvalue weighted by Crippen LogP contribution is -2.55. The predicted molar refractivity (Wildman–Crippen MR) is 80.0 cm³/mol. The second-order valence-electron chi connectivity index (χ2n) is 5.85. The highest BCUT2D eigenvalue weighted by atomic mass is 19.4. The van der Waals surface area contributed by atoms with E-state index in [1.54, 1.807) is 24.3 Å². The molecule has 0 unspecified atom stereocenters. The SMILES string of the molecule is O=C(Cc1ccccc1)NCC(=O)N1CCC(O)(C(F)(F)F)CC1. The summed E-state index contributed by atoms with van der Waals surface area (Å²) in [4.78, 5) is 25.0. The summed E-state index contributed by atoms with van der Waals surface area (Å²) in [5.74, 6) is -0.793. The van der Waals surface area contributed by atoms with E-state index in [1.165, 1.54) is 4.90 Å². The van der Waals surface area contributed by atoms with Crippen LogP contribution in [-0.2, 0) is 16.0 Å². The van der Waals surface area contributed by atoms with Crippen LogP contribution in [0.2, 0.25) is 0 Å². The van der Waals surface area contributed by atoms with Gasteiger partial charge in [0.25, 0.3) is 0 Å². The molecule has 0 radical (unpaired) electrons. The van der Waals surface area contributed by atoms with Gasteiger partial charge in [-0.25, -0.2) is 0 Å². The third-order valence-electron chi connectivity index (χ3n) is 4.12. The molecule has 2 amide bonds. The Hall–Kier alpha value is -2.09. The van der Waals surface area contributed by atoms with Crippen LogP contribution in [-0.4, -0.2) is 53.2 Å². The molecule has 1 aliphatic rings. The number of carbonyl (C=O) groups is 2. The largest absolute Gasteiger partial charge is 0.417 e. The van der Waals surface area contributed by atoms with Crippen LogP contribution in [0, 0.1) is 0 Å². The van der Waals surface area contributed by atoms with Gasteiger partial charge in [-0.15, -0.1) is 0 Å². The number of hydrogen-bond donors (Lipinski definition) is 2. The summed E-state index contributed by atoms with van der Waals surface area (Å²) < 4.78 is 38.1. The van der Waals surface area contributed by atoms with Gasteiger partial charge in [-0.2, -0.15) is 13.2 Å². The summed E-state index contributed by atoms with van der Waals surface area (Å²) in [5, 5.41) is 12.0. The molecule has 0 spiro atoms. The van der Waals surface area contributed by atoms with Crippen molar-refractivity contribution in [2.24, 2.45) is 0 Å². The predicted octanol–water partition coefficient (Wildman–Crippen LogP) is 1.26. The van der Waals surface area contributed by atoms with Crippen molar-refractivity contribution in [3.8, 4) is 0 Å². The molecule has 132 valence electrons. The Kier molecular flexibility index (Phi) is 5.48. The molecule has 1 fully saturated rings. The van der Waals surface area contributed by atoms with Crippen molar-refractivity contribution in [3.63, 3.8) is 0 Å². The Morgan fingerprint density at radius 3 is 2.29 bits per heavy atom. The third-order valence-corrected chi connectivity index (χ3v) is 4.12. The van der Waals surface area contributed by atoms with Crippen molar-refractivity contribution in [2.45, 2.75) is 31.0 Å². The Morgan fingerprint density at radius 2 is 1.75 bits per heavy atom. The number of amides is 2. The van der Waals surface area contributed by atoms with E-state index in [4.69, 9.17) is 0 Å². The normalized spacial score (nSPS) is 17.4. The van der Waals surface area contributed by atoms with Crippen LogP contribution in [0.15, 0.2) is 30.3 Å². The van der Waals surface area contributed by atoms with Gasteiger partial charge >= 0.3 is 6.18 Å². The molecule has 0 bridgehead atoms. The Bertz CT molecular complexity index is 582. The molecule has 8 heteroatoms. The first kappa shape index (κ1) is 18.3. The highest BCUT2D eigenvalue weighted by Crippen LogP contribution is 2.38. The maximum absolute atomic E-state index is 12.7. The second-order valence-corrected chi connectivity index (χ2v) is 5.85. The molecule has 0 aliphatic carbocycles. The molecule has 0 atom stereocenters. The van der Waals surface area contributed by atoms with Gasteiger partial charge in [0, 0.05) is 25.9 Å². The Morgan fingerprint density at radius 1 is 1.17 bits per heavy atom. The molecular formula is C16H19F3N2O3. The summed E-state index contributed by atoms with van der Waals surface area (Å²) in [6, 6.07) is 8.98. The summed E-state index contributed by atoms with van der Waals surface area (Å²) >= 11 is 0. The number of likely N-dealkylation sites (tertiary alicyclic amines) is 1. The number of carbonyl (C=O) groups excluding carboxylic acids is 2. The maximum atomic E-state index is 12.7. The van der Waals surface area contributed by atoms with E-state index in [1.807, 2.05) is 6.07 Å². The van der Waals surface area contributed by atoms with E-state index in [0.29, 0.717) is 0 Å². The van der Waals surface area contributed by atoms with Crippen LogP contribution < -0.4 is 5.32 Å². The van der Waals surface area contributed by atoms with Gasteiger partial charge in [0.05, 0.1) is 13.0 Å². The van der Waals surface area contributed by atoms with Crippen LogP contribution in [0.3, 0.4) is 0 Å². The number of hydrogen-bond acceptors (Lipinski definition) is 3. The van der Waals surface area contributed by atoms with E-state index in [0.717, 1.165) is 5.56 Å². The third kappa shape index (κ3) is 4.47. The minimum Gasteiger partial charge on any atom is -0.380 e. The van der Waals surface area contributed by atoms with Crippen LogP contribution in [0.4, 0.5) is 13.2 Å². The quantitative estimate of drug-likeness (QED) is 0.864. The van der Waals surface area contributed by atoms with E-state index >= 15 is 0 Å². The molecule has 1 aliphatic heterocycles. The van der Waals surface area contributed by atoms with Gasteiger partial charge in [-0.1, -0.05) is 30.3 Å². The molecule has 1 saturated heterocycles. The molecule has 0 aromatic heterocycles. The monoisotopic (exact) mass is 344 g/mol. The fourth-order valence-corrected chi connectivity index (χ4v) is 2.54. The van der Waals surface area contributed by atoms with Crippen molar-refractivity contribution in [1.29, 1.82) is 0 Å². The Balaban J connectivity index is 1.77. The highest BCUT2D eigenvalue weighted by molar-refractivity contribution is 5.85. The van der Waals surface area contributed by atoms with Gasteiger partial charge in [0.2, 0.25) is 11.8 Å². The lowest BCUT2D eigenvalue weighted by Gasteiger charge is -2.39. The molecular weight excluding hydrogens is 325 g/mol. The molecule has 2 rings (SSSR count). The van der Waals surface area contributed by atoms with Crippen molar-refractivity contribution >= 4 is 11.8 Å². The van der Waals surface area contributed by atoms with Crippen LogP contribution >= 0.6 is 0 Å². The Labute approximate surface area is 137 Å². The highest BCUT2D eigenvalue weighted by Gasteiger charge is 2.54. The summed E-state index contributed by atoms with van der Waals surface area (Å²) in [6.07, 6.45) is -5.69. The smallest absolute Gasteiger partial charge is 0.380 e. The number of benzene rings is 1. The number of nitrogens with one attached hydrogen (secondary N) is 1. The minimum absolute atomic E-state index is 0.127. The van der Waals surface area contributed by atoms with Crippen LogP contribution in [0.25, 0.3) is 0 Å². The molecule has 1 heterocycles. The molecule has 24 heavy (non-hydrogen) atoms. The van der Waals surface area contributed by atoms with E-state index < -0.39 is 30.5 Å². The second kappa shape index (κ2) is 7.21. The van der Waals surface area contributed by atoms with E-state index in [-0.39, 0.29) is 32.0 Å². The molecule has 5 nitrogen and oxygen atoms in total. The van der Waals surface area contributed by atoms with Gasteiger partial charge in [0.1, 0.15) is 0 Å². The summed E-state index contributed by atoms with van der Waals surface area (Å²) in [7, 11) is 0. The fourth-order valence-electron chi connectivity index (χ4n) is 2.54. The van der Waals surface area contributed by atoms with Crippen LogP contribution in [0.1, 0.15) is 18.4 Å². The molecule has 1 aromatic rings. The van der Waals surface area contributed by atoms with Crippen molar-refractivity contribution in [2.75, 3.05) is 19.6 Å². The molecule has 0 saturated carbocycles. The van der Waals surface area contributed by atoms with Crippen molar-refractivity contribution < 1.29 is 27.9 Å². The summed E-state index contributed by atoms with van der Waals surface area (Å²) in [5.41, 5.74) is -1.93. The van der Waals surface area contributed by atoms with E-state index in [2.05, 4.69) is 5.32 Å². The average molecular weight is 344 g/mol. The number of rotatable bonds is 4. The molecule has 1 aromatic carbocycles. The van der Waals surface area contributed by atoms with E-state index in [9.17, 15) is 27.9 Å².